The van der Waals surface area contributed by atoms with Gasteiger partial charge < -0.3 is 9.84 Å². The fourth-order valence-electron chi connectivity index (χ4n) is 2.10. The van der Waals surface area contributed by atoms with E-state index >= 15 is 0 Å². The first-order valence-corrected chi connectivity index (χ1v) is 6.62. The molecule has 86 valence electrons. The second-order valence-corrected chi connectivity index (χ2v) is 6.10. The molecule has 0 radical (unpaired) electrons. The number of hydrogen-bond donors (Lipinski definition) is 1. The molecule has 0 aromatic carbocycles. The largest absolute Gasteiger partial charge is 0.480 e. The van der Waals surface area contributed by atoms with Crippen molar-refractivity contribution in [1.82, 2.24) is 0 Å². The molecule has 1 N–H and O–H groups in total. The van der Waals surface area contributed by atoms with Crippen LogP contribution >= 0.6 is 0 Å². The molecule has 1 aliphatic heterocycles. The van der Waals surface area contributed by atoms with Gasteiger partial charge in [0.05, 0.1) is 11.4 Å². The molecular formula is C10H16O4S. The Balaban J connectivity index is 2.06. The minimum Gasteiger partial charge on any atom is -0.480 e. The lowest BCUT2D eigenvalue weighted by molar-refractivity contribution is -0.136. The van der Waals surface area contributed by atoms with Crippen LogP contribution < -0.4 is 0 Å². The van der Waals surface area contributed by atoms with E-state index in [4.69, 9.17) is 9.84 Å². The molecule has 1 aliphatic carbocycles. The Hall–Kier alpha value is -0.420. The Kier molecular flexibility index (Phi) is 3.11. The van der Waals surface area contributed by atoms with Crippen LogP contribution in [0, 0.1) is 5.92 Å². The maximum atomic E-state index is 12.1. The standard InChI is InChI=1S/C10H16O4S/c1-6-8(4-5-14-6)15(13)9(10(11)12)7-2-3-7/h6-9H,2-5H2,1H3,(H,11,12). The maximum absolute atomic E-state index is 12.1. The van der Waals surface area contributed by atoms with Crippen LogP contribution in [0.25, 0.3) is 0 Å². The van der Waals surface area contributed by atoms with Gasteiger partial charge in [0.1, 0.15) is 5.25 Å². The summed E-state index contributed by atoms with van der Waals surface area (Å²) in [5.41, 5.74) is 0. The number of carbonyl (C=O) groups is 1. The zero-order valence-electron chi connectivity index (χ0n) is 8.72. The Morgan fingerprint density at radius 3 is 2.53 bits per heavy atom. The minimum atomic E-state index is -1.29. The van der Waals surface area contributed by atoms with Crippen LogP contribution in [0.3, 0.4) is 0 Å². The zero-order chi connectivity index (χ0) is 11.0. The third-order valence-corrected chi connectivity index (χ3v) is 5.45. The van der Waals surface area contributed by atoms with Crippen molar-refractivity contribution in [3.8, 4) is 0 Å². The first-order valence-electron chi connectivity index (χ1n) is 5.35. The smallest absolute Gasteiger partial charge is 0.319 e. The highest BCUT2D eigenvalue weighted by molar-refractivity contribution is 7.87. The van der Waals surface area contributed by atoms with E-state index in [2.05, 4.69) is 0 Å². The van der Waals surface area contributed by atoms with Crippen molar-refractivity contribution >= 4 is 16.8 Å². The maximum Gasteiger partial charge on any atom is 0.319 e. The van der Waals surface area contributed by atoms with Crippen LogP contribution in [-0.2, 0) is 20.3 Å². The molecule has 0 spiro atoms. The fourth-order valence-corrected chi connectivity index (χ4v) is 4.11. The van der Waals surface area contributed by atoms with E-state index in [-0.39, 0.29) is 17.3 Å². The van der Waals surface area contributed by atoms with Crippen molar-refractivity contribution in [1.29, 1.82) is 0 Å². The highest BCUT2D eigenvalue weighted by Gasteiger charge is 2.45. The zero-order valence-corrected chi connectivity index (χ0v) is 9.53. The van der Waals surface area contributed by atoms with Crippen LogP contribution in [0.15, 0.2) is 0 Å². The molecule has 4 unspecified atom stereocenters. The first-order chi connectivity index (χ1) is 7.11. The highest BCUT2D eigenvalue weighted by atomic mass is 32.2. The fraction of sp³-hybridized carbons (Fsp3) is 0.900. The average Bonchev–Trinajstić information content (AvgIpc) is 2.87. The number of hydrogen-bond acceptors (Lipinski definition) is 3. The number of carboxylic acid groups (broad SMARTS) is 1. The Morgan fingerprint density at radius 1 is 1.47 bits per heavy atom. The summed E-state index contributed by atoms with van der Waals surface area (Å²) in [6, 6.07) is 0. The molecule has 4 atom stereocenters. The first kappa shape index (κ1) is 11.1. The van der Waals surface area contributed by atoms with Crippen LogP contribution in [0.5, 0.6) is 0 Å². The van der Waals surface area contributed by atoms with E-state index in [0.29, 0.717) is 6.61 Å². The molecule has 0 amide bonds. The lowest BCUT2D eigenvalue weighted by atomic mass is 10.2. The van der Waals surface area contributed by atoms with Crippen molar-refractivity contribution < 1.29 is 18.8 Å². The lowest BCUT2D eigenvalue weighted by Gasteiger charge is -2.18. The van der Waals surface area contributed by atoms with Gasteiger partial charge in [-0.05, 0) is 32.1 Å². The molecule has 0 aromatic heterocycles. The van der Waals surface area contributed by atoms with Gasteiger partial charge in [0, 0.05) is 17.4 Å². The summed E-state index contributed by atoms with van der Waals surface area (Å²) in [5, 5.41) is 8.31. The molecular weight excluding hydrogens is 216 g/mol. The molecule has 15 heavy (non-hydrogen) atoms. The number of aliphatic carboxylic acids is 1. The molecule has 1 saturated carbocycles. The summed E-state index contributed by atoms with van der Waals surface area (Å²) < 4.78 is 17.5. The van der Waals surface area contributed by atoms with E-state index in [1.165, 1.54) is 0 Å². The minimum absolute atomic E-state index is 0.0635. The van der Waals surface area contributed by atoms with Crippen molar-refractivity contribution in [2.45, 2.75) is 42.8 Å². The van der Waals surface area contributed by atoms with Gasteiger partial charge >= 0.3 is 5.97 Å². The summed E-state index contributed by atoms with van der Waals surface area (Å²) in [7, 11) is -1.29. The third kappa shape index (κ3) is 2.23. The van der Waals surface area contributed by atoms with Crippen molar-refractivity contribution in [2.24, 2.45) is 5.92 Å². The highest BCUT2D eigenvalue weighted by Crippen LogP contribution is 2.37. The lowest BCUT2D eigenvalue weighted by Crippen LogP contribution is -2.37. The number of carboxylic acids is 1. The molecule has 2 aliphatic rings. The topological polar surface area (TPSA) is 63.6 Å². The van der Waals surface area contributed by atoms with Crippen LogP contribution in [-0.4, -0.2) is 38.5 Å². The van der Waals surface area contributed by atoms with Crippen molar-refractivity contribution in [3.05, 3.63) is 0 Å². The predicted molar refractivity (Wildman–Crippen MR) is 56.1 cm³/mol. The van der Waals surface area contributed by atoms with Gasteiger partial charge in [-0.15, -0.1) is 0 Å². The molecule has 2 rings (SSSR count). The predicted octanol–water partition coefficient (Wildman–Crippen LogP) is 0.776. The van der Waals surface area contributed by atoms with Crippen LogP contribution in [0.4, 0.5) is 0 Å². The van der Waals surface area contributed by atoms with E-state index in [0.717, 1.165) is 19.3 Å². The van der Waals surface area contributed by atoms with Gasteiger partial charge in [0.15, 0.2) is 0 Å². The van der Waals surface area contributed by atoms with Crippen molar-refractivity contribution in [3.63, 3.8) is 0 Å². The monoisotopic (exact) mass is 232 g/mol. The van der Waals surface area contributed by atoms with E-state index < -0.39 is 22.0 Å². The Labute approximate surface area is 91.5 Å². The van der Waals surface area contributed by atoms with E-state index in [9.17, 15) is 9.00 Å². The summed E-state index contributed by atoms with van der Waals surface area (Å²) in [6.45, 7) is 2.48. The summed E-state index contributed by atoms with van der Waals surface area (Å²) >= 11 is 0. The molecule has 1 heterocycles. The average molecular weight is 232 g/mol. The SMILES string of the molecule is CC1OCCC1S(=O)C(C(=O)O)C1CC1. The molecule has 2 fully saturated rings. The second kappa shape index (κ2) is 4.22. The molecule has 4 nitrogen and oxygen atoms in total. The third-order valence-electron chi connectivity index (χ3n) is 3.15. The Bertz CT molecular complexity index is 287. The number of ether oxygens (including phenoxy) is 1. The van der Waals surface area contributed by atoms with Crippen LogP contribution in [0.1, 0.15) is 26.2 Å². The summed E-state index contributed by atoms with van der Waals surface area (Å²) in [5.74, 6) is -0.772. The van der Waals surface area contributed by atoms with Gasteiger partial charge in [-0.3, -0.25) is 9.00 Å². The molecule has 1 saturated heterocycles. The number of rotatable bonds is 4. The molecule has 5 heteroatoms. The van der Waals surface area contributed by atoms with E-state index in [1.54, 1.807) is 0 Å². The van der Waals surface area contributed by atoms with Crippen molar-refractivity contribution in [2.75, 3.05) is 6.61 Å². The van der Waals surface area contributed by atoms with Crippen LogP contribution in [0.2, 0.25) is 0 Å². The van der Waals surface area contributed by atoms with E-state index in [1.807, 2.05) is 6.92 Å². The molecule has 0 aromatic rings. The van der Waals surface area contributed by atoms with Gasteiger partial charge in [-0.1, -0.05) is 0 Å². The van der Waals surface area contributed by atoms with Gasteiger partial charge in [0.25, 0.3) is 0 Å². The second-order valence-electron chi connectivity index (χ2n) is 4.33. The van der Waals surface area contributed by atoms with Gasteiger partial charge in [-0.2, -0.15) is 0 Å². The quantitative estimate of drug-likeness (QED) is 0.778. The van der Waals surface area contributed by atoms with Gasteiger partial charge in [0.2, 0.25) is 0 Å². The normalized spacial score (nSPS) is 35.0. The summed E-state index contributed by atoms with van der Waals surface area (Å²) in [4.78, 5) is 11.1. The van der Waals surface area contributed by atoms with Gasteiger partial charge in [-0.25, -0.2) is 0 Å². The molecule has 0 bridgehead atoms. The summed E-state index contributed by atoms with van der Waals surface area (Å²) in [6.07, 6.45) is 2.48. The Morgan fingerprint density at radius 2 is 2.13 bits per heavy atom.